The van der Waals surface area contributed by atoms with E-state index in [2.05, 4.69) is 5.32 Å². The molecule has 0 aliphatic rings. The van der Waals surface area contributed by atoms with Crippen molar-refractivity contribution in [3.8, 4) is 0 Å². The highest BCUT2D eigenvalue weighted by Crippen LogP contribution is 2.25. The summed E-state index contributed by atoms with van der Waals surface area (Å²) in [4.78, 5) is 26.4. The molecule has 132 valence electrons. The second kappa shape index (κ2) is 8.88. The normalized spacial score (nSPS) is 10.6. The van der Waals surface area contributed by atoms with Gasteiger partial charge in [0.15, 0.2) is 0 Å². The predicted octanol–water partition coefficient (Wildman–Crippen LogP) is 4.76. The van der Waals surface area contributed by atoms with Crippen molar-refractivity contribution < 1.29 is 9.59 Å². The second-order valence-corrected chi connectivity index (χ2v) is 6.79. The van der Waals surface area contributed by atoms with Crippen LogP contribution in [0, 0.1) is 0 Å². The van der Waals surface area contributed by atoms with Gasteiger partial charge in [-0.2, -0.15) is 0 Å². The maximum absolute atomic E-state index is 12.5. The molecule has 0 bridgehead atoms. The molecule has 2 amide bonds. The van der Waals surface area contributed by atoms with Crippen LogP contribution in [-0.4, -0.2) is 22.8 Å². The minimum absolute atomic E-state index is 0.0142. The quantitative estimate of drug-likeness (QED) is 0.736. The molecule has 0 saturated heterocycles. The molecule has 0 radical (unpaired) electrons. The maximum atomic E-state index is 12.5. The number of hydrogen-bond donors (Lipinski definition) is 1. The molecule has 0 spiro atoms. The summed E-state index contributed by atoms with van der Waals surface area (Å²) in [6, 6.07) is 14.4. The highest BCUT2D eigenvalue weighted by Gasteiger charge is 2.20. The van der Waals surface area contributed by atoms with E-state index in [-0.39, 0.29) is 18.4 Å². The van der Waals surface area contributed by atoms with Gasteiger partial charge in [0.2, 0.25) is 11.8 Å². The van der Waals surface area contributed by atoms with E-state index < -0.39 is 5.91 Å². The third-order valence-corrected chi connectivity index (χ3v) is 4.20. The SMILES string of the molecule is CC(C)N(Cc1ccccc1)C(=O)CC(=O)Nc1ccc(Cl)cc1Cl. The summed E-state index contributed by atoms with van der Waals surface area (Å²) < 4.78 is 0. The molecular formula is C19H20Cl2N2O2. The van der Waals surface area contributed by atoms with Gasteiger partial charge < -0.3 is 10.2 Å². The number of rotatable bonds is 6. The number of halogens is 2. The molecule has 0 aliphatic heterocycles. The van der Waals surface area contributed by atoms with Crippen LogP contribution >= 0.6 is 23.2 Å². The van der Waals surface area contributed by atoms with Gasteiger partial charge in [-0.3, -0.25) is 9.59 Å². The third kappa shape index (κ3) is 5.76. The number of nitrogens with one attached hydrogen (secondary N) is 1. The Hall–Kier alpha value is -2.04. The molecule has 4 nitrogen and oxygen atoms in total. The van der Waals surface area contributed by atoms with Gasteiger partial charge in [-0.05, 0) is 37.6 Å². The Bertz CT molecular complexity index is 748. The van der Waals surface area contributed by atoms with Gasteiger partial charge in [0.1, 0.15) is 6.42 Å². The summed E-state index contributed by atoms with van der Waals surface area (Å²) in [5.74, 6) is -0.644. The lowest BCUT2D eigenvalue weighted by atomic mass is 10.1. The summed E-state index contributed by atoms with van der Waals surface area (Å²) in [6.45, 7) is 4.32. The zero-order chi connectivity index (χ0) is 18.4. The van der Waals surface area contributed by atoms with Gasteiger partial charge >= 0.3 is 0 Å². The fraction of sp³-hybridized carbons (Fsp3) is 0.263. The van der Waals surface area contributed by atoms with E-state index in [1.807, 2.05) is 44.2 Å². The molecule has 0 unspecified atom stereocenters. The van der Waals surface area contributed by atoms with Gasteiger partial charge in [-0.25, -0.2) is 0 Å². The number of hydrogen-bond acceptors (Lipinski definition) is 2. The number of nitrogens with zero attached hydrogens (tertiary/aromatic N) is 1. The molecule has 0 saturated carbocycles. The van der Waals surface area contributed by atoms with Crippen LogP contribution in [-0.2, 0) is 16.1 Å². The van der Waals surface area contributed by atoms with Gasteiger partial charge in [0, 0.05) is 17.6 Å². The van der Waals surface area contributed by atoms with E-state index in [4.69, 9.17) is 23.2 Å². The van der Waals surface area contributed by atoms with Crippen molar-refractivity contribution in [1.82, 2.24) is 4.90 Å². The highest BCUT2D eigenvalue weighted by atomic mass is 35.5. The fourth-order valence-corrected chi connectivity index (χ4v) is 2.82. The number of amides is 2. The maximum Gasteiger partial charge on any atom is 0.233 e. The minimum Gasteiger partial charge on any atom is -0.336 e. The first-order valence-electron chi connectivity index (χ1n) is 7.95. The summed E-state index contributed by atoms with van der Waals surface area (Å²) in [5.41, 5.74) is 1.45. The average Bonchev–Trinajstić information content (AvgIpc) is 2.55. The van der Waals surface area contributed by atoms with Gasteiger partial charge in [-0.1, -0.05) is 53.5 Å². The van der Waals surface area contributed by atoms with Crippen LogP contribution in [0.1, 0.15) is 25.8 Å². The first kappa shape index (κ1) is 19.3. The van der Waals surface area contributed by atoms with Gasteiger partial charge in [0.05, 0.1) is 10.7 Å². The molecule has 2 aromatic carbocycles. The Kier molecular flexibility index (Phi) is 6.85. The lowest BCUT2D eigenvalue weighted by Crippen LogP contribution is -2.38. The molecule has 2 aromatic rings. The van der Waals surface area contributed by atoms with Crippen LogP contribution in [0.5, 0.6) is 0 Å². The lowest BCUT2D eigenvalue weighted by molar-refractivity contribution is -0.136. The molecule has 1 N–H and O–H groups in total. The topological polar surface area (TPSA) is 49.4 Å². The van der Waals surface area contributed by atoms with Crippen LogP contribution < -0.4 is 5.32 Å². The van der Waals surface area contributed by atoms with Crippen molar-refractivity contribution in [3.63, 3.8) is 0 Å². The van der Waals surface area contributed by atoms with Crippen molar-refractivity contribution in [1.29, 1.82) is 0 Å². The largest absolute Gasteiger partial charge is 0.336 e. The summed E-state index contributed by atoms with van der Waals surface area (Å²) >= 11 is 11.9. The molecular weight excluding hydrogens is 359 g/mol. The summed E-state index contributed by atoms with van der Waals surface area (Å²) in [6.07, 6.45) is -0.246. The summed E-state index contributed by atoms with van der Waals surface area (Å²) in [7, 11) is 0. The molecule has 25 heavy (non-hydrogen) atoms. The van der Waals surface area contributed by atoms with Crippen molar-refractivity contribution in [2.75, 3.05) is 5.32 Å². The number of carbonyl (C=O) groups excluding carboxylic acids is 2. The van der Waals surface area contributed by atoms with E-state index in [1.54, 1.807) is 17.0 Å². The van der Waals surface area contributed by atoms with E-state index in [1.165, 1.54) is 6.07 Å². The first-order chi connectivity index (χ1) is 11.9. The van der Waals surface area contributed by atoms with Crippen molar-refractivity contribution in [2.45, 2.75) is 32.9 Å². The summed E-state index contributed by atoms with van der Waals surface area (Å²) in [5, 5.41) is 3.46. The van der Waals surface area contributed by atoms with Gasteiger partial charge in [-0.15, -0.1) is 0 Å². The average molecular weight is 379 g/mol. The second-order valence-electron chi connectivity index (χ2n) is 5.95. The van der Waals surface area contributed by atoms with Crippen molar-refractivity contribution >= 4 is 40.7 Å². The Morgan fingerprint density at radius 1 is 1.08 bits per heavy atom. The molecule has 6 heteroatoms. The molecule has 0 aliphatic carbocycles. The fourth-order valence-electron chi connectivity index (χ4n) is 2.36. The number of carbonyl (C=O) groups is 2. The smallest absolute Gasteiger partial charge is 0.233 e. The lowest BCUT2D eigenvalue weighted by Gasteiger charge is -2.27. The van der Waals surface area contributed by atoms with Crippen molar-refractivity contribution in [3.05, 3.63) is 64.1 Å². The van der Waals surface area contributed by atoms with E-state index in [0.29, 0.717) is 22.3 Å². The Morgan fingerprint density at radius 2 is 1.76 bits per heavy atom. The zero-order valence-corrected chi connectivity index (χ0v) is 15.6. The Morgan fingerprint density at radius 3 is 2.36 bits per heavy atom. The Labute approximate surface area is 157 Å². The van der Waals surface area contributed by atoms with Crippen LogP contribution in [0.2, 0.25) is 10.0 Å². The molecule has 2 rings (SSSR count). The molecule has 0 fully saturated rings. The van der Waals surface area contributed by atoms with E-state index in [9.17, 15) is 9.59 Å². The predicted molar refractivity (Wildman–Crippen MR) is 102 cm³/mol. The first-order valence-corrected chi connectivity index (χ1v) is 8.70. The zero-order valence-electron chi connectivity index (χ0n) is 14.1. The van der Waals surface area contributed by atoms with Crippen LogP contribution in [0.15, 0.2) is 48.5 Å². The molecule has 0 heterocycles. The Balaban J connectivity index is 2.01. The highest BCUT2D eigenvalue weighted by molar-refractivity contribution is 6.36. The van der Waals surface area contributed by atoms with Crippen LogP contribution in [0.3, 0.4) is 0 Å². The van der Waals surface area contributed by atoms with Crippen LogP contribution in [0.25, 0.3) is 0 Å². The van der Waals surface area contributed by atoms with Crippen LogP contribution in [0.4, 0.5) is 5.69 Å². The molecule has 0 atom stereocenters. The minimum atomic E-state index is -0.409. The number of anilines is 1. The van der Waals surface area contributed by atoms with Gasteiger partial charge in [0.25, 0.3) is 0 Å². The van der Waals surface area contributed by atoms with E-state index in [0.717, 1.165) is 5.56 Å². The number of benzene rings is 2. The monoisotopic (exact) mass is 378 g/mol. The van der Waals surface area contributed by atoms with E-state index >= 15 is 0 Å². The third-order valence-electron chi connectivity index (χ3n) is 3.66. The molecule has 0 aromatic heterocycles. The van der Waals surface area contributed by atoms with Crippen molar-refractivity contribution in [2.24, 2.45) is 0 Å². The standard InChI is InChI=1S/C19H20Cl2N2O2/c1-13(2)23(12-14-6-4-3-5-7-14)19(25)11-18(24)22-17-9-8-15(20)10-16(17)21/h3-10,13H,11-12H2,1-2H3,(H,22,24).